The third-order valence-electron chi connectivity index (χ3n) is 18.7. The van der Waals surface area contributed by atoms with Crippen molar-refractivity contribution in [3.8, 4) is 0 Å². The molecule has 1 aliphatic heterocycles. The Labute approximate surface area is 540 Å². The van der Waals surface area contributed by atoms with E-state index >= 15 is 0 Å². The van der Waals surface area contributed by atoms with Gasteiger partial charge in [0.1, 0.15) is 24.4 Å². The van der Waals surface area contributed by atoms with Gasteiger partial charge in [0.05, 0.1) is 25.4 Å². The maximum Gasteiger partial charge on any atom is 0.220 e. The minimum absolute atomic E-state index is 0.178. The summed E-state index contributed by atoms with van der Waals surface area (Å²) < 4.78 is 11.3. The number of hydrogen-bond donors (Lipinski definition) is 6. The van der Waals surface area contributed by atoms with Gasteiger partial charge in [0.25, 0.3) is 0 Å². The van der Waals surface area contributed by atoms with E-state index < -0.39 is 49.5 Å². The molecule has 1 amide bonds. The molecule has 9 heteroatoms. The van der Waals surface area contributed by atoms with Crippen molar-refractivity contribution in [2.75, 3.05) is 13.2 Å². The summed E-state index contributed by atoms with van der Waals surface area (Å²) in [5.41, 5.74) is 0. The van der Waals surface area contributed by atoms with Gasteiger partial charge in [-0.15, -0.1) is 0 Å². The number of amides is 1. The molecule has 7 atom stereocenters. The van der Waals surface area contributed by atoms with E-state index in [1.807, 2.05) is 6.08 Å². The van der Waals surface area contributed by atoms with Crippen LogP contribution in [0.25, 0.3) is 0 Å². The van der Waals surface area contributed by atoms with Crippen molar-refractivity contribution in [3.63, 3.8) is 0 Å². The van der Waals surface area contributed by atoms with Gasteiger partial charge in [0, 0.05) is 6.42 Å². The number of carbonyl (C=O) groups is 1. The summed E-state index contributed by atoms with van der Waals surface area (Å²) in [7, 11) is 0. The number of carbonyl (C=O) groups excluding carboxylic acids is 1. The van der Waals surface area contributed by atoms with Crippen molar-refractivity contribution in [1.82, 2.24) is 5.32 Å². The zero-order chi connectivity index (χ0) is 62.8. The number of aliphatic hydroxyl groups is 5. The predicted octanol–water partition coefficient (Wildman–Crippen LogP) is 21.8. The second-order valence-corrected chi connectivity index (χ2v) is 27.1. The third-order valence-corrected chi connectivity index (χ3v) is 18.7. The van der Waals surface area contributed by atoms with E-state index in [0.717, 1.165) is 38.5 Å². The molecule has 9 nitrogen and oxygen atoms in total. The molecule has 1 saturated heterocycles. The number of unbranched alkanes of at least 4 members (excludes halogenated alkanes) is 55. The van der Waals surface area contributed by atoms with E-state index in [1.54, 1.807) is 6.08 Å². The number of hydrogen-bond acceptors (Lipinski definition) is 8. The van der Waals surface area contributed by atoms with Gasteiger partial charge in [-0.05, 0) is 57.8 Å². The van der Waals surface area contributed by atoms with Crippen molar-refractivity contribution < 1.29 is 39.8 Å². The highest BCUT2D eigenvalue weighted by atomic mass is 16.7. The quantitative estimate of drug-likeness (QED) is 0.0261. The molecule has 0 aromatic heterocycles. The van der Waals surface area contributed by atoms with Gasteiger partial charge in [-0.2, -0.15) is 0 Å². The Bertz CT molecular complexity index is 1470. The number of nitrogens with one attached hydrogen (secondary N) is 1. The van der Waals surface area contributed by atoms with Crippen LogP contribution in [-0.2, 0) is 14.3 Å². The summed E-state index contributed by atoms with van der Waals surface area (Å²) in [5, 5.41) is 54.8. The Hall–Kier alpha value is -1.59. The fourth-order valence-electron chi connectivity index (χ4n) is 12.6. The summed E-state index contributed by atoms with van der Waals surface area (Å²) in [6.07, 6.45) is 84.4. The first-order chi connectivity index (χ1) is 42.8. The fraction of sp³-hybridized carbons (Fsp3) is 0.910. The first-order valence-corrected chi connectivity index (χ1v) is 38.7. The molecule has 0 spiro atoms. The van der Waals surface area contributed by atoms with E-state index in [2.05, 4.69) is 43.5 Å². The van der Waals surface area contributed by atoms with Crippen LogP contribution in [0.4, 0.5) is 0 Å². The standard InChI is InChI=1S/C78H149NO8/c1-3-5-7-9-11-13-15-17-19-21-23-25-27-28-29-30-31-32-33-34-35-36-37-38-39-40-41-42-43-44-46-48-50-52-54-56-58-60-62-64-66-68-74(82)79-71(70-86-78-77(85)76(84)75(83)73(69-80)87-78)72(81)67-65-63-61-59-57-55-53-51-49-47-45-26-24-22-20-18-16-14-12-10-8-6-4-2/h21,23,57,59,65,67,71-73,75-78,80-81,83-85H,3-20,22,24-56,58,60-64,66,68-70H2,1-2H3,(H,79,82)/b23-21-,59-57+,67-65+. The van der Waals surface area contributed by atoms with Gasteiger partial charge in [-0.3, -0.25) is 4.79 Å². The Morgan fingerprint density at radius 2 is 0.655 bits per heavy atom. The van der Waals surface area contributed by atoms with Gasteiger partial charge >= 0.3 is 0 Å². The highest BCUT2D eigenvalue weighted by Crippen LogP contribution is 2.24. The molecule has 7 unspecified atom stereocenters. The second-order valence-electron chi connectivity index (χ2n) is 27.1. The molecule has 1 aliphatic rings. The molecule has 0 radical (unpaired) electrons. The number of aliphatic hydroxyl groups excluding tert-OH is 5. The van der Waals surface area contributed by atoms with Crippen molar-refractivity contribution in [2.24, 2.45) is 0 Å². The average Bonchev–Trinajstić information content (AvgIpc) is 3.47. The smallest absolute Gasteiger partial charge is 0.220 e. The second kappa shape index (κ2) is 67.3. The van der Waals surface area contributed by atoms with Crippen molar-refractivity contribution in [3.05, 3.63) is 36.5 Å². The largest absolute Gasteiger partial charge is 0.394 e. The average molecular weight is 1230 g/mol. The highest BCUT2D eigenvalue weighted by molar-refractivity contribution is 5.76. The summed E-state index contributed by atoms with van der Waals surface area (Å²) in [6.45, 7) is 3.82. The van der Waals surface area contributed by atoms with Crippen LogP contribution in [0.3, 0.4) is 0 Å². The van der Waals surface area contributed by atoms with E-state index in [9.17, 15) is 30.3 Å². The lowest BCUT2D eigenvalue weighted by atomic mass is 9.99. The first-order valence-electron chi connectivity index (χ1n) is 38.7. The summed E-state index contributed by atoms with van der Waals surface area (Å²) in [5.74, 6) is -0.178. The molecule has 0 bridgehead atoms. The van der Waals surface area contributed by atoms with E-state index in [4.69, 9.17) is 9.47 Å². The van der Waals surface area contributed by atoms with Gasteiger partial charge in [0.2, 0.25) is 5.91 Å². The van der Waals surface area contributed by atoms with Crippen molar-refractivity contribution in [1.29, 1.82) is 0 Å². The maximum atomic E-state index is 13.1. The SMILES string of the molecule is CCCCCCCCCC/C=C\CCCCCCCCCCCCCCCCCCCCCCCCCCCCCCCC(=O)NC(COC1OC(CO)C(O)C(O)C1O)C(O)/C=C/CC/C=C/CCCCCCCCCCCCCCCCCCC. The molecular formula is C78H149NO8. The minimum Gasteiger partial charge on any atom is -0.394 e. The Morgan fingerprint density at radius 1 is 0.379 bits per heavy atom. The van der Waals surface area contributed by atoms with Crippen LogP contribution in [0.2, 0.25) is 0 Å². The molecule has 87 heavy (non-hydrogen) atoms. The highest BCUT2D eigenvalue weighted by Gasteiger charge is 2.44. The first kappa shape index (κ1) is 83.4. The number of allylic oxidation sites excluding steroid dienone is 5. The monoisotopic (exact) mass is 1230 g/mol. The zero-order valence-electron chi connectivity index (χ0n) is 57.8. The Kier molecular flexibility index (Phi) is 64.5. The predicted molar refractivity (Wildman–Crippen MR) is 373 cm³/mol. The Balaban J connectivity index is 2.04. The molecular weight excluding hydrogens is 1080 g/mol. The molecule has 0 aromatic carbocycles. The van der Waals surface area contributed by atoms with Crippen molar-refractivity contribution >= 4 is 5.91 Å². The lowest BCUT2D eigenvalue weighted by Gasteiger charge is -2.40. The molecule has 1 heterocycles. The van der Waals surface area contributed by atoms with Gasteiger partial charge < -0.3 is 40.3 Å². The van der Waals surface area contributed by atoms with Gasteiger partial charge in [0.15, 0.2) is 6.29 Å². The topological polar surface area (TPSA) is 149 Å². The van der Waals surface area contributed by atoms with Crippen LogP contribution in [0, 0.1) is 0 Å². The normalized spacial score (nSPS) is 18.1. The van der Waals surface area contributed by atoms with Crippen LogP contribution in [0.1, 0.15) is 399 Å². The van der Waals surface area contributed by atoms with Crippen LogP contribution < -0.4 is 5.32 Å². The summed E-state index contributed by atoms with van der Waals surface area (Å²) in [4.78, 5) is 13.1. The minimum atomic E-state index is -1.57. The van der Waals surface area contributed by atoms with E-state index in [1.165, 1.54) is 340 Å². The molecule has 1 rings (SSSR count). The zero-order valence-corrected chi connectivity index (χ0v) is 57.8. The number of rotatable bonds is 69. The molecule has 0 aliphatic carbocycles. The lowest BCUT2D eigenvalue weighted by Crippen LogP contribution is -2.60. The molecule has 514 valence electrons. The van der Waals surface area contributed by atoms with Crippen LogP contribution in [0.15, 0.2) is 36.5 Å². The summed E-state index contributed by atoms with van der Waals surface area (Å²) >= 11 is 0. The van der Waals surface area contributed by atoms with Crippen molar-refractivity contribution in [2.45, 2.75) is 442 Å². The van der Waals surface area contributed by atoms with E-state index in [0.29, 0.717) is 6.42 Å². The van der Waals surface area contributed by atoms with Crippen LogP contribution >= 0.6 is 0 Å². The lowest BCUT2D eigenvalue weighted by molar-refractivity contribution is -0.302. The van der Waals surface area contributed by atoms with Crippen LogP contribution in [-0.4, -0.2) is 87.5 Å². The molecule has 0 aromatic rings. The molecule has 1 fully saturated rings. The number of ether oxygens (including phenoxy) is 2. The van der Waals surface area contributed by atoms with Gasteiger partial charge in [-0.25, -0.2) is 0 Å². The Morgan fingerprint density at radius 3 is 0.966 bits per heavy atom. The van der Waals surface area contributed by atoms with Crippen LogP contribution in [0.5, 0.6) is 0 Å². The van der Waals surface area contributed by atoms with E-state index in [-0.39, 0.29) is 12.5 Å². The fourth-order valence-corrected chi connectivity index (χ4v) is 12.6. The summed E-state index contributed by atoms with van der Waals surface area (Å²) in [6, 6.07) is -0.821. The molecule has 0 saturated carbocycles. The van der Waals surface area contributed by atoms with Gasteiger partial charge in [-0.1, -0.05) is 371 Å². The molecule has 6 N–H and O–H groups in total. The third kappa shape index (κ3) is 55.7. The maximum absolute atomic E-state index is 13.1.